The summed E-state index contributed by atoms with van der Waals surface area (Å²) >= 11 is 0. The van der Waals surface area contributed by atoms with Crippen molar-refractivity contribution in [3.63, 3.8) is 0 Å². The van der Waals surface area contributed by atoms with Gasteiger partial charge in [-0.25, -0.2) is 13.1 Å². The first-order valence-corrected chi connectivity index (χ1v) is 7.65. The number of benzene rings is 1. The second-order valence-corrected chi connectivity index (χ2v) is 6.12. The number of carbonyl (C=O) groups is 1. The fourth-order valence-electron chi connectivity index (χ4n) is 1.37. The van der Waals surface area contributed by atoms with Crippen molar-refractivity contribution < 1.29 is 18.1 Å². The number of non-ortho nitro benzene ring substituents is 1. The van der Waals surface area contributed by atoms with Crippen LogP contribution < -0.4 is 15.6 Å². The smallest absolute Gasteiger partial charge is 0.269 e. The van der Waals surface area contributed by atoms with Gasteiger partial charge in [0, 0.05) is 30.8 Å². The van der Waals surface area contributed by atoms with Crippen molar-refractivity contribution in [3.05, 3.63) is 46.7 Å². The van der Waals surface area contributed by atoms with Crippen molar-refractivity contribution in [2.45, 2.75) is 18.2 Å². The molecule has 3 N–H and O–H groups in total. The van der Waals surface area contributed by atoms with Gasteiger partial charge in [0.25, 0.3) is 5.69 Å². The summed E-state index contributed by atoms with van der Waals surface area (Å²) in [5.74, 6) is -0.408. The molecule has 0 atom stereocenters. The van der Waals surface area contributed by atoms with Gasteiger partial charge in [-0.05, 0) is 19.1 Å². The minimum absolute atomic E-state index is 0.0769. The predicted molar refractivity (Wildman–Crippen MR) is 79.0 cm³/mol. The van der Waals surface area contributed by atoms with Gasteiger partial charge in [0.1, 0.15) is 0 Å². The summed E-state index contributed by atoms with van der Waals surface area (Å²) in [4.78, 5) is 21.1. The maximum Gasteiger partial charge on any atom is 0.269 e. The molecule has 0 aliphatic rings. The summed E-state index contributed by atoms with van der Waals surface area (Å²) in [6, 6.07) is 4.45. The van der Waals surface area contributed by atoms with E-state index in [0.29, 0.717) is 5.70 Å². The van der Waals surface area contributed by atoms with E-state index in [1.165, 1.54) is 0 Å². The second-order valence-electron chi connectivity index (χ2n) is 4.35. The van der Waals surface area contributed by atoms with Crippen LogP contribution in [0.2, 0.25) is 0 Å². The molecule has 9 nitrogen and oxygen atoms in total. The van der Waals surface area contributed by atoms with Gasteiger partial charge >= 0.3 is 0 Å². The Labute approximate surface area is 127 Å². The summed E-state index contributed by atoms with van der Waals surface area (Å²) in [7, 11) is -3.82. The van der Waals surface area contributed by atoms with Crippen LogP contribution in [0.4, 0.5) is 5.69 Å². The lowest BCUT2D eigenvalue weighted by atomic mass is 10.3. The molecule has 0 fully saturated rings. The molecule has 0 radical (unpaired) electrons. The van der Waals surface area contributed by atoms with Crippen LogP contribution in [0.1, 0.15) is 13.3 Å². The van der Waals surface area contributed by atoms with Gasteiger partial charge in [0.15, 0.2) is 0 Å². The molecule has 0 unspecified atom stereocenters. The highest BCUT2D eigenvalue weighted by Crippen LogP contribution is 2.15. The Kier molecular flexibility index (Phi) is 6.01. The van der Waals surface area contributed by atoms with Crippen molar-refractivity contribution in [1.82, 2.24) is 15.6 Å². The first-order chi connectivity index (χ1) is 10.2. The molecule has 0 aliphatic heterocycles. The fraction of sp³-hybridized carbons (Fsp3) is 0.250. The minimum atomic E-state index is -3.82. The van der Waals surface area contributed by atoms with E-state index >= 15 is 0 Å². The maximum absolute atomic E-state index is 11.9. The van der Waals surface area contributed by atoms with Crippen LogP contribution in [0.5, 0.6) is 0 Å². The minimum Gasteiger partial charge on any atom is -0.304 e. The Morgan fingerprint density at radius 2 is 1.86 bits per heavy atom. The van der Waals surface area contributed by atoms with Crippen LogP contribution in [0.25, 0.3) is 0 Å². The Hall–Kier alpha value is -2.46. The Balaban J connectivity index is 2.55. The lowest BCUT2D eigenvalue weighted by Crippen LogP contribution is -2.38. The molecule has 0 aromatic heterocycles. The van der Waals surface area contributed by atoms with Crippen LogP contribution in [0.3, 0.4) is 0 Å². The van der Waals surface area contributed by atoms with E-state index in [1.54, 1.807) is 6.92 Å². The number of hydrogen-bond acceptors (Lipinski definition) is 6. The number of carbonyl (C=O) groups excluding carboxylic acids is 1. The van der Waals surface area contributed by atoms with Gasteiger partial charge in [-0.3, -0.25) is 20.3 Å². The number of hydrazine groups is 1. The van der Waals surface area contributed by atoms with E-state index in [0.717, 1.165) is 24.3 Å². The summed E-state index contributed by atoms with van der Waals surface area (Å²) in [6.07, 6.45) is -0.0769. The van der Waals surface area contributed by atoms with Crippen molar-refractivity contribution in [1.29, 1.82) is 0 Å². The first-order valence-electron chi connectivity index (χ1n) is 6.17. The molecule has 0 saturated heterocycles. The lowest BCUT2D eigenvalue weighted by molar-refractivity contribution is -0.384. The molecule has 10 heteroatoms. The number of nitrogens with zero attached hydrogens (tertiary/aromatic N) is 1. The van der Waals surface area contributed by atoms with Crippen LogP contribution >= 0.6 is 0 Å². The van der Waals surface area contributed by atoms with Crippen LogP contribution in [0.15, 0.2) is 41.4 Å². The van der Waals surface area contributed by atoms with Crippen molar-refractivity contribution in [3.8, 4) is 0 Å². The van der Waals surface area contributed by atoms with Crippen molar-refractivity contribution in [2.24, 2.45) is 0 Å². The zero-order valence-electron chi connectivity index (χ0n) is 11.8. The van der Waals surface area contributed by atoms with E-state index in [9.17, 15) is 23.3 Å². The molecule has 0 spiro atoms. The average molecular weight is 328 g/mol. The molecular formula is C12H16N4O5S. The number of sulfonamides is 1. The van der Waals surface area contributed by atoms with Gasteiger partial charge in [0.2, 0.25) is 15.9 Å². The van der Waals surface area contributed by atoms with E-state index in [2.05, 4.69) is 22.2 Å². The van der Waals surface area contributed by atoms with Crippen LogP contribution in [-0.2, 0) is 14.8 Å². The zero-order valence-corrected chi connectivity index (χ0v) is 12.6. The molecule has 120 valence electrons. The third-order valence-electron chi connectivity index (χ3n) is 2.42. The van der Waals surface area contributed by atoms with E-state index in [-0.39, 0.29) is 23.5 Å². The second kappa shape index (κ2) is 7.52. The topological polar surface area (TPSA) is 130 Å². The summed E-state index contributed by atoms with van der Waals surface area (Å²) in [5, 5.41) is 10.5. The monoisotopic (exact) mass is 328 g/mol. The number of amides is 1. The number of nitro groups is 1. The zero-order chi connectivity index (χ0) is 16.8. The SMILES string of the molecule is C=C(C)NNC(=O)CCNS(=O)(=O)c1ccc([N+](=O)[O-])cc1. The third kappa shape index (κ3) is 5.50. The summed E-state index contributed by atoms with van der Waals surface area (Å²) < 4.78 is 26.1. The molecule has 1 aromatic carbocycles. The lowest BCUT2D eigenvalue weighted by Gasteiger charge is -2.08. The molecule has 1 amide bonds. The normalized spacial score (nSPS) is 10.8. The van der Waals surface area contributed by atoms with Crippen molar-refractivity contribution in [2.75, 3.05) is 6.54 Å². The summed E-state index contributed by atoms with van der Waals surface area (Å²) in [6.45, 7) is 5.06. The van der Waals surface area contributed by atoms with Gasteiger partial charge in [-0.1, -0.05) is 6.58 Å². The Morgan fingerprint density at radius 1 is 1.27 bits per heavy atom. The molecule has 1 aromatic rings. The molecule has 0 aliphatic carbocycles. The highest BCUT2D eigenvalue weighted by molar-refractivity contribution is 7.89. The van der Waals surface area contributed by atoms with E-state index in [1.807, 2.05) is 0 Å². The molecular weight excluding hydrogens is 312 g/mol. The van der Waals surface area contributed by atoms with E-state index < -0.39 is 20.9 Å². The first kappa shape index (κ1) is 17.6. The number of nitro benzene ring substituents is 1. The highest BCUT2D eigenvalue weighted by Gasteiger charge is 2.15. The average Bonchev–Trinajstić information content (AvgIpc) is 2.45. The van der Waals surface area contributed by atoms with Gasteiger partial charge in [-0.2, -0.15) is 0 Å². The fourth-order valence-corrected chi connectivity index (χ4v) is 2.40. The quantitative estimate of drug-likeness (QED) is 0.468. The van der Waals surface area contributed by atoms with Crippen LogP contribution in [-0.4, -0.2) is 25.8 Å². The maximum atomic E-state index is 11.9. The van der Waals surface area contributed by atoms with Gasteiger partial charge < -0.3 is 5.43 Å². The Bertz CT molecular complexity index is 669. The highest BCUT2D eigenvalue weighted by atomic mass is 32.2. The number of allylic oxidation sites excluding steroid dienone is 1. The van der Waals surface area contributed by atoms with E-state index in [4.69, 9.17) is 0 Å². The van der Waals surface area contributed by atoms with Crippen molar-refractivity contribution >= 4 is 21.6 Å². The van der Waals surface area contributed by atoms with Crippen LogP contribution in [0, 0.1) is 10.1 Å². The molecule has 0 heterocycles. The molecule has 1 rings (SSSR count). The largest absolute Gasteiger partial charge is 0.304 e. The van der Waals surface area contributed by atoms with Gasteiger partial charge in [0.05, 0.1) is 9.82 Å². The molecule has 22 heavy (non-hydrogen) atoms. The number of rotatable bonds is 8. The third-order valence-corrected chi connectivity index (χ3v) is 3.89. The Morgan fingerprint density at radius 3 is 2.36 bits per heavy atom. The summed E-state index contributed by atoms with van der Waals surface area (Å²) in [5.41, 5.74) is 5.17. The number of hydrogen-bond donors (Lipinski definition) is 3. The predicted octanol–water partition coefficient (Wildman–Crippen LogP) is 0.418. The standard InChI is InChI=1S/C12H16N4O5S/c1-9(2)14-15-12(17)7-8-13-22(20,21)11-5-3-10(4-6-11)16(18)19/h3-6,13-14H,1,7-8H2,2H3,(H,15,17). The molecule has 0 saturated carbocycles. The number of nitrogens with one attached hydrogen (secondary N) is 3. The molecule has 0 bridgehead atoms. The van der Waals surface area contributed by atoms with Gasteiger partial charge in [-0.15, -0.1) is 0 Å².